The van der Waals surface area contributed by atoms with Crippen molar-refractivity contribution in [1.29, 1.82) is 0 Å². The van der Waals surface area contributed by atoms with Crippen LogP contribution in [0.3, 0.4) is 0 Å². The van der Waals surface area contributed by atoms with Crippen molar-refractivity contribution < 1.29 is 4.74 Å². The highest BCUT2D eigenvalue weighted by atomic mass is 16.5. The average Bonchev–Trinajstić information content (AvgIpc) is 2.56. The molecule has 1 saturated heterocycles. The summed E-state index contributed by atoms with van der Waals surface area (Å²) in [6.07, 6.45) is 2.88. The van der Waals surface area contributed by atoms with Crippen LogP contribution in [0, 0.1) is 5.41 Å². The van der Waals surface area contributed by atoms with E-state index in [4.69, 9.17) is 4.74 Å². The fourth-order valence-electron chi connectivity index (χ4n) is 1.81. The maximum Gasteiger partial charge on any atom is 0.0554 e. The number of aryl methyl sites for hydroxylation is 1. The minimum absolute atomic E-state index is 0.368. The minimum atomic E-state index is 0.368. The Morgan fingerprint density at radius 3 is 2.93 bits per heavy atom. The van der Waals surface area contributed by atoms with Gasteiger partial charge in [-0.1, -0.05) is 6.92 Å². The summed E-state index contributed by atoms with van der Waals surface area (Å²) in [6, 6.07) is 2.07. The van der Waals surface area contributed by atoms with Crippen LogP contribution in [0.15, 0.2) is 12.3 Å². The summed E-state index contributed by atoms with van der Waals surface area (Å²) in [7, 11) is 1.98. The zero-order chi connectivity index (χ0) is 10.7. The highest BCUT2D eigenvalue weighted by Crippen LogP contribution is 2.24. The van der Waals surface area contributed by atoms with Crippen molar-refractivity contribution in [2.45, 2.75) is 13.3 Å². The molecule has 0 aromatic carbocycles. The first kappa shape index (κ1) is 10.6. The van der Waals surface area contributed by atoms with Gasteiger partial charge in [0.05, 0.1) is 13.2 Å². The van der Waals surface area contributed by atoms with Crippen LogP contribution in [0.5, 0.6) is 0 Å². The molecule has 0 spiro atoms. The van der Waals surface area contributed by atoms with Crippen LogP contribution in [-0.4, -0.2) is 36.1 Å². The molecule has 0 aliphatic carbocycles. The Bertz CT molecular complexity index is 317. The van der Waals surface area contributed by atoms with Gasteiger partial charge < -0.3 is 10.1 Å². The SMILES string of the molecule is Cn1nccc1CCNCC1(C)COC1. The Labute approximate surface area is 90.6 Å². The molecule has 0 amide bonds. The second-order valence-electron chi connectivity index (χ2n) is 4.68. The van der Waals surface area contributed by atoms with Crippen LogP contribution in [0.2, 0.25) is 0 Å². The van der Waals surface area contributed by atoms with Gasteiger partial charge in [0.15, 0.2) is 0 Å². The summed E-state index contributed by atoms with van der Waals surface area (Å²) in [5, 5.41) is 7.61. The van der Waals surface area contributed by atoms with E-state index in [9.17, 15) is 0 Å². The molecule has 84 valence electrons. The third-order valence-electron chi connectivity index (χ3n) is 2.93. The molecule has 2 rings (SSSR count). The van der Waals surface area contributed by atoms with E-state index in [1.807, 2.05) is 17.9 Å². The zero-order valence-corrected chi connectivity index (χ0v) is 9.49. The highest BCUT2D eigenvalue weighted by Gasteiger charge is 2.32. The number of hydrogen-bond acceptors (Lipinski definition) is 3. The van der Waals surface area contributed by atoms with Crippen molar-refractivity contribution in [3.8, 4) is 0 Å². The monoisotopic (exact) mass is 209 g/mol. The Morgan fingerprint density at radius 1 is 1.60 bits per heavy atom. The van der Waals surface area contributed by atoms with Gasteiger partial charge in [-0.2, -0.15) is 5.10 Å². The summed E-state index contributed by atoms with van der Waals surface area (Å²) >= 11 is 0. The molecule has 4 heteroatoms. The van der Waals surface area contributed by atoms with Crippen molar-refractivity contribution in [2.24, 2.45) is 12.5 Å². The topological polar surface area (TPSA) is 39.1 Å². The summed E-state index contributed by atoms with van der Waals surface area (Å²) in [4.78, 5) is 0. The molecule has 0 unspecified atom stereocenters. The first-order valence-electron chi connectivity index (χ1n) is 5.45. The number of nitrogens with one attached hydrogen (secondary N) is 1. The smallest absolute Gasteiger partial charge is 0.0554 e. The van der Waals surface area contributed by atoms with E-state index in [0.29, 0.717) is 5.41 Å². The number of rotatable bonds is 5. The third kappa shape index (κ3) is 2.58. The molecule has 0 bridgehead atoms. The standard InChI is InChI=1S/C11H19N3O/c1-11(8-15-9-11)7-12-5-3-10-4-6-13-14(10)2/h4,6,12H,3,5,7-9H2,1-2H3. The third-order valence-corrected chi connectivity index (χ3v) is 2.93. The molecule has 0 radical (unpaired) electrons. The lowest BCUT2D eigenvalue weighted by molar-refractivity contribution is -0.0988. The van der Waals surface area contributed by atoms with E-state index in [0.717, 1.165) is 32.7 Å². The second kappa shape index (κ2) is 4.33. The lowest BCUT2D eigenvalue weighted by atomic mass is 9.89. The maximum absolute atomic E-state index is 5.21. The maximum atomic E-state index is 5.21. The molecule has 1 N–H and O–H groups in total. The van der Waals surface area contributed by atoms with Crippen molar-refractivity contribution in [3.63, 3.8) is 0 Å². The zero-order valence-electron chi connectivity index (χ0n) is 9.49. The van der Waals surface area contributed by atoms with Gasteiger partial charge >= 0.3 is 0 Å². The minimum Gasteiger partial charge on any atom is -0.380 e. The Morgan fingerprint density at radius 2 is 2.40 bits per heavy atom. The van der Waals surface area contributed by atoms with E-state index in [-0.39, 0.29) is 0 Å². The fraction of sp³-hybridized carbons (Fsp3) is 0.727. The Kier molecular flexibility index (Phi) is 3.07. The van der Waals surface area contributed by atoms with Gasteiger partial charge in [-0.05, 0) is 6.07 Å². The van der Waals surface area contributed by atoms with Crippen LogP contribution >= 0.6 is 0 Å². The van der Waals surface area contributed by atoms with E-state index >= 15 is 0 Å². The molecule has 1 aliphatic rings. The van der Waals surface area contributed by atoms with Crippen molar-refractivity contribution >= 4 is 0 Å². The number of nitrogens with zero attached hydrogens (tertiary/aromatic N) is 2. The summed E-state index contributed by atoms with van der Waals surface area (Å²) in [5.74, 6) is 0. The van der Waals surface area contributed by atoms with Gasteiger partial charge in [0.2, 0.25) is 0 Å². The Balaban J connectivity index is 1.65. The Hall–Kier alpha value is -0.870. The van der Waals surface area contributed by atoms with E-state index in [2.05, 4.69) is 23.4 Å². The van der Waals surface area contributed by atoms with Crippen molar-refractivity contribution in [3.05, 3.63) is 18.0 Å². The van der Waals surface area contributed by atoms with Gasteiger partial charge in [0.25, 0.3) is 0 Å². The van der Waals surface area contributed by atoms with Gasteiger partial charge in [-0.15, -0.1) is 0 Å². The summed E-state index contributed by atoms with van der Waals surface area (Å²) in [6.45, 7) is 6.10. The van der Waals surface area contributed by atoms with Gasteiger partial charge in [0.1, 0.15) is 0 Å². The first-order chi connectivity index (χ1) is 7.20. The van der Waals surface area contributed by atoms with Gasteiger partial charge in [0, 0.05) is 43.9 Å². The van der Waals surface area contributed by atoms with Crippen LogP contribution in [0.4, 0.5) is 0 Å². The normalized spacial score (nSPS) is 18.8. The quantitative estimate of drug-likeness (QED) is 0.721. The molecular formula is C11H19N3O. The predicted octanol–water partition coefficient (Wildman–Crippen LogP) is 0.589. The molecule has 0 saturated carbocycles. The molecule has 1 aromatic rings. The molecule has 15 heavy (non-hydrogen) atoms. The van der Waals surface area contributed by atoms with Crippen LogP contribution in [0.25, 0.3) is 0 Å². The molecule has 2 heterocycles. The number of aromatic nitrogens is 2. The fourth-order valence-corrected chi connectivity index (χ4v) is 1.81. The van der Waals surface area contributed by atoms with Crippen LogP contribution < -0.4 is 5.32 Å². The number of hydrogen-bond donors (Lipinski definition) is 1. The summed E-state index contributed by atoms with van der Waals surface area (Å²) in [5.41, 5.74) is 1.64. The van der Waals surface area contributed by atoms with Gasteiger partial charge in [-0.3, -0.25) is 4.68 Å². The molecule has 1 aromatic heterocycles. The summed E-state index contributed by atoms with van der Waals surface area (Å²) < 4.78 is 7.13. The number of ether oxygens (including phenoxy) is 1. The molecule has 1 fully saturated rings. The lowest BCUT2D eigenvalue weighted by Crippen LogP contribution is -2.47. The van der Waals surface area contributed by atoms with Crippen LogP contribution in [-0.2, 0) is 18.2 Å². The lowest BCUT2D eigenvalue weighted by Gasteiger charge is -2.38. The second-order valence-corrected chi connectivity index (χ2v) is 4.68. The molecular weight excluding hydrogens is 190 g/mol. The largest absolute Gasteiger partial charge is 0.380 e. The average molecular weight is 209 g/mol. The van der Waals surface area contributed by atoms with Crippen molar-refractivity contribution in [2.75, 3.05) is 26.3 Å². The first-order valence-corrected chi connectivity index (χ1v) is 5.45. The highest BCUT2D eigenvalue weighted by molar-refractivity contribution is 5.00. The predicted molar refractivity (Wildman–Crippen MR) is 58.7 cm³/mol. The van der Waals surface area contributed by atoms with E-state index in [1.165, 1.54) is 5.69 Å². The van der Waals surface area contributed by atoms with Gasteiger partial charge in [-0.25, -0.2) is 0 Å². The molecule has 0 atom stereocenters. The van der Waals surface area contributed by atoms with E-state index in [1.54, 1.807) is 0 Å². The molecule has 1 aliphatic heterocycles. The van der Waals surface area contributed by atoms with E-state index < -0.39 is 0 Å². The van der Waals surface area contributed by atoms with Crippen molar-refractivity contribution in [1.82, 2.24) is 15.1 Å². The molecule has 4 nitrogen and oxygen atoms in total. The van der Waals surface area contributed by atoms with Crippen LogP contribution in [0.1, 0.15) is 12.6 Å².